The van der Waals surface area contributed by atoms with E-state index in [0.717, 1.165) is 11.3 Å². The number of benzene rings is 1. The summed E-state index contributed by atoms with van der Waals surface area (Å²) in [5.41, 5.74) is 0.498. The van der Waals surface area contributed by atoms with Crippen LogP contribution in [0.2, 0.25) is 0 Å². The minimum Gasteiger partial charge on any atom is -0.378 e. The van der Waals surface area contributed by atoms with Crippen LogP contribution in [0.3, 0.4) is 0 Å². The van der Waals surface area contributed by atoms with E-state index in [1.165, 1.54) is 9.13 Å². The van der Waals surface area contributed by atoms with Crippen molar-refractivity contribution in [3.8, 4) is 12.1 Å². The standard InChI is InChI=1S/C20H21N5O2/c1-5-24-18(15(12-21)13-22)25(6-2)20(27)17(19(24)26)11-14-7-9-16(10-8-14)23(3)4/h7-11H,5-6H2,1-4H3. The molecule has 1 heterocycles. The van der Waals surface area contributed by atoms with Crippen LogP contribution >= 0.6 is 0 Å². The maximum Gasteiger partial charge on any atom is 0.265 e. The Morgan fingerprint density at radius 1 is 1.00 bits per heavy atom. The van der Waals surface area contributed by atoms with Crippen LogP contribution in [-0.2, 0) is 13.1 Å². The van der Waals surface area contributed by atoms with E-state index in [0.29, 0.717) is 0 Å². The van der Waals surface area contributed by atoms with Crippen LogP contribution < -0.4 is 26.7 Å². The fraction of sp³-hybridized carbons (Fsp3) is 0.300. The Morgan fingerprint density at radius 3 is 1.85 bits per heavy atom. The molecule has 0 aliphatic rings. The van der Waals surface area contributed by atoms with Crippen molar-refractivity contribution >= 4 is 17.3 Å². The summed E-state index contributed by atoms with van der Waals surface area (Å²) in [5, 5.41) is 18.5. The quantitative estimate of drug-likeness (QED) is 0.770. The second kappa shape index (κ2) is 8.20. The summed E-state index contributed by atoms with van der Waals surface area (Å²) in [6.45, 7) is 3.94. The van der Waals surface area contributed by atoms with Crippen molar-refractivity contribution in [2.24, 2.45) is 0 Å². The monoisotopic (exact) mass is 363 g/mol. The fourth-order valence-electron chi connectivity index (χ4n) is 2.86. The van der Waals surface area contributed by atoms with Crippen LogP contribution in [0.25, 0.3) is 11.6 Å². The molecule has 0 aliphatic carbocycles. The molecule has 0 atom stereocenters. The molecular weight excluding hydrogens is 342 g/mol. The Labute approximate surface area is 156 Å². The van der Waals surface area contributed by atoms with E-state index in [2.05, 4.69) is 0 Å². The predicted molar refractivity (Wildman–Crippen MR) is 105 cm³/mol. The van der Waals surface area contributed by atoms with E-state index < -0.39 is 11.1 Å². The largest absolute Gasteiger partial charge is 0.378 e. The van der Waals surface area contributed by atoms with Crippen molar-refractivity contribution in [3.63, 3.8) is 0 Å². The van der Waals surface area contributed by atoms with Gasteiger partial charge >= 0.3 is 0 Å². The first-order valence-corrected chi connectivity index (χ1v) is 8.56. The Hall–Kier alpha value is -3.58. The lowest BCUT2D eigenvalue weighted by Gasteiger charge is -2.12. The molecule has 0 N–H and O–H groups in total. The zero-order valence-corrected chi connectivity index (χ0v) is 15.9. The summed E-state index contributed by atoms with van der Waals surface area (Å²) in [4.78, 5) is 27.8. The molecule has 0 amide bonds. The van der Waals surface area contributed by atoms with Crippen LogP contribution in [0.1, 0.15) is 19.4 Å². The van der Waals surface area contributed by atoms with Crippen molar-refractivity contribution in [3.05, 3.63) is 61.2 Å². The minimum atomic E-state index is -0.512. The first kappa shape index (κ1) is 19.7. The van der Waals surface area contributed by atoms with Crippen molar-refractivity contribution < 1.29 is 0 Å². The molecule has 2 aromatic rings. The van der Waals surface area contributed by atoms with Gasteiger partial charge in [-0.3, -0.25) is 18.7 Å². The molecule has 138 valence electrons. The lowest BCUT2D eigenvalue weighted by Crippen LogP contribution is -2.58. The lowest BCUT2D eigenvalue weighted by atomic mass is 10.1. The van der Waals surface area contributed by atoms with Gasteiger partial charge in [-0.2, -0.15) is 10.5 Å². The molecule has 0 unspecified atom stereocenters. The number of nitriles is 2. The van der Waals surface area contributed by atoms with Crippen molar-refractivity contribution in [2.45, 2.75) is 26.9 Å². The van der Waals surface area contributed by atoms with Gasteiger partial charge in [-0.25, -0.2) is 0 Å². The van der Waals surface area contributed by atoms with Crippen molar-refractivity contribution in [2.75, 3.05) is 19.0 Å². The molecule has 0 saturated heterocycles. The van der Waals surface area contributed by atoms with E-state index in [4.69, 9.17) is 0 Å². The van der Waals surface area contributed by atoms with Gasteiger partial charge in [0.1, 0.15) is 22.8 Å². The SMILES string of the molecule is CCn1c(=O)c(=Cc2ccc(N(C)C)cc2)c(=O)n(CC)c1=C(C#N)C#N. The van der Waals surface area contributed by atoms with E-state index in [1.54, 1.807) is 32.1 Å². The summed E-state index contributed by atoms with van der Waals surface area (Å²) in [7, 11) is 3.85. The Kier molecular flexibility index (Phi) is 5.99. The smallest absolute Gasteiger partial charge is 0.265 e. The third-order valence-electron chi connectivity index (χ3n) is 4.26. The molecule has 2 rings (SSSR count). The van der Waals surface area contributed by atoms with Crippen LogP contribution in [0.5, 0.6) is 0 Å². The van der Waals surface area contributed by atoms with Gasteiger partial charge in [-0.1, -0.05) is 12.1 Å². The normalized spacial score (nSPS) is 10.0. The molecule has 0 fully saturated rings. The first-order valence-electron chi connectivity index (χ1n) is 8.56. The van der Waals surface area contributed by atoms with Crippen LogP contribution in [0, 0.1) is 22.7 Å². The van der Waals surface area contributed by atoms with Crippen LogP contribution in [0.4, 0.5) is 5.69 Å². The van der Waals surface area contributed by atoms with Gasteiger partial charge < -0.3 is 4.90 Å². The number of nitrogens with zero attached hydrogens (tertiary/aromatic N) is 5. The molecule has 0 bridgehead atoms. The van der Waals surface area contributed by atoms with Gasteiger partial charge in [0.2, 0.25) is 0 Å². The third-order valence-corrected chi connectivity index (χ3v) is 4.26. The predicted octanol–water partition coefficient (Wildman–Crippen LogP) is 0.142. The number of anilines is 1. The molecule has 7 heteroatoms. The molecule has 1 aromatic heterocycles. The summed E-state index contributed by atoms with van der Waals surface area (Å²) < 4.78 is 2.60. The van der Waals surface area contributed by atoms with Gasteiger partial charge in [-0.15, -0.1) is 0 Å². The van der Waals surface area contributed by atoms with Gasteiger partial charge in [0.15, 0.2) is 5.57 Å². The molecular formula is C20H21N5O2. The maximum absolute atomic E-state index is 12.9. The van der Waals surface area contributed by atoms with Crippen molar-refractivity contribution in [1.29, 1.82) is 10.5 Å². The molecule has 0 aliphatic heterocycles. The van der Waals surface area contributed by atoms with E-state index in [1.807, 2.05) is 43.3 Å². The summed E-state index contributed by atoms with van der Waals surface area (Å²) in [5.74, 6) is 0. The van der Waals surface area contributed by atoms with Crippen molar-refractivity contribution in [1.82, 2.24) is 9.13 Å². The molecule has 0 saturated carbocycles. The fourth-order valence-corrected chi connectivity index (χ4v) is 2.86. The number of hydrogen-bond donors (Lipinski definition) is 0. The summed E-state index contributed by atoms with van der Waals surface area (Å²) in [6.07, 6.45) is 1.55. The Morgan fingerprint density at radius 2 is 1.48 bits per heavy atom. The first-order chi connectivity index (χ1) is 12.9. The van der Waals surface area contributed by atoms with E-state index >= 15 is 0 Å². The highest BCUT2D eigenvalue weighted by Gasteiger charge is 2.12. The molecule has 27 heavy (non-hydrogen) atoms. The average Bonchev–Trinajstić information content (AvgIpc) is 2.67. The summed E-state index contributed by atoms with van der Waals surface area (Å²) >= 11 is 0. The average molecular weight is 363 g/mol. The Balaban J connectivity index is 2.95. The number of hydrogen-bond acceptors (Lipinski definition) is 5. The highest BCUT2D eigenvalue weighted by molar-refractivity contribution is 5.70. The highest BCUT2D eigenvalue weighted by atomic mass is 16.1. The Bertz CT molecular complexity index is 1110. The minimum absolute atomic E-state index is 0.00952. The lowest BCUT2D eigenvalue weighted by molar-refractivity contribution is 0.570. The van der Waals surface area contributed by atoms with Gasteiger partial charge in [0.25, 0.3) is 11.1 Å². The maximum atomic E-state index is 12.9. The molecule has 0 radical (unpaired) electrons. The third kappa shape index (κ3) is 3.68. The number of rotatable bonds is 4. The second-order valence-corrected chi connectivity index (χ2v) is 6.07. The topological polar surface area (TPSA) is 94.8 Å². The zero-order valence-electron chi connectivity index (χ0n) is 15.9. The highest BCUT2D eigenvalue weighted by Crippen LogP contribution is 2.12. The van der Waals surface area contributed by atoms with Gasteiger partial charge in [0.05, 0.1) is 0 Å². The number of aromatic nitrogens is 2. The second-order valence-electron chi connectivity index (χ2n) is 6.07. The van der Waals surface area contributed by atoms with E-state index in [9.17, 15) is 20.1 Å². The van der Waals surface area contributed by atoms with E-state index in [-0.39, 0.29) is 29.4 Å². The molecule has 7 nitrogen and oxygen atoms in total. The van der Waals surface area contributed by atoms with Crippen LogP contribution in [-0.4, -0.2) is 23.2 Å². The molecule has 1 aromatic carbocycles. The summed E-state index contributed by atoms with van der Waals surface area (Å²) in [6, 6.07) is 11.0. The van der Waals surface area contributed by atoms with Gasteiger partial charge in [0, 0.05) is 32.9 Å². The molecule has 0 spiro atoms. The van der Waals surface area contributed by atoms with Crippen LogP contribution in [0.15, 0.2) is 33.9 Å². The van der Waals surface area contributed by atoms with Gasteiger partial charge in [-0.05, 0) is 37.6 Å². The zero-order chi connectivity index (χ0) is 20.1.